The van der Waals surface area contributed by atoms with E-state index in [9.17, 15) is 4.79 Å². The van der Waals surface area contributed by atoms with Gasteiger partial charge in [-0.2, -0.15) is 0 Å². The lowest BCUT2D eigenvalue weighted by atomic mass is 9.98. The number of likely N-dealkylation sites (tertiary alicyclic amines) is 1. The summed E-state index contributed by atoms with van der Waals surface area (Å²) in [7, 11) is 0. The van der Waals surface area contributed by atoms with E-state index in [-0.39, 0.29) is 5.91 Å². The first-order chi connectivity index (χ1) is 10.7. The highest BCUT2D eigenvalue weighted by atomic mass is 16.5. The standard InChI is InChI=1S/C19H21NO2/c1-15-11-13-20(14-12-15)19(21)17-9-5-6-10-18(17)22-16-7-3-2-4-8-16/h2-10,15H,11-14H2,1H3. The number of carbonyl (C=O) groups excluding carboxylic acids is 1. The molecule has 0 N–H and O–H groups in total. The highest BCUT2D eigenvalue weighted by Crippen LogP contribution is 2.27. The number of hydrogen-bond acceptors (Lipinski definition) is 2. The molecule has 0 bridgehead atoms. The number of nitrogens with zero attached hydrogens (tertiary/aromatic N) is 1. The highest BCUT2D eigenvalue weighted by Gasteiger charge is 2.23. The molecule has 3 rings (SSSR count). The average molecular weight is 295 g/mol. The molecule has 1 aliphatic heterocycles. The van der Waals surface area contributed by atoms with Crippen molar-refractivity contribution >= 4 is 5.91 Å². The number of benzene rings is 2. The van der Waals surface area contributed by atoms with Gasteiger partial charge in [-0.3, -0.25) is 4.79 Å². The monoisotopic (exact) mass is 295 g/mol. The molecule has 114 valence electrons. The van der Waals surface area contributed by atoms with E-state index in [0.717, 1.165) is 31.7 Å². The van der Waals surface area contributed by atoms with Crippen LogP contribution in [-0.2, 0) is 0 Å². The van der Waals surface area contributed by atoms with Crippen molar-refractivity contribution in [3.63, 3.8) is 0 Å². The van der Waals surface area contributed by atoms with E-state index >= 15 is 0 Å². The average Bonchev–Trinajstić information content (AvgIpc) is 2.56. The Morgan fingerprint density at radius 3 is 2.36 bits per heavy atom. The van der Waals surface area contributed by atoms with Crippen LogP contribution in [0.1, 0.15) is 30.1 Å². The summed E-state index contributed by atoms with van der Waals surface area (Å²) in [6.45, 7) is 3.91. The van der Waals surface area contributed by atoms with Crippen LogP contribution in [0.2, 0.25) is 0 Å². The summed E-state index contributed by atoms with van der Waals surface area (Å²) in [6, 6.07) is 17.1. The van der Waals surface area contributed by atoms with Crippen LogP contribution in [-0.4, -0.2) is 23.9 Å². The summed E-state index contributed by atoms with van der Waals surface area (Å²) in [5, 5.41) is 0. The molecule has 1 amide bonds. The second-order valence-corrected chi connectivity index (χ2v) is 5.89. The van der Waals surface area contributed by atoms with Gasteiger partial charge in [0.05, 0.1) is 5.56 Å². The number of amides is 1. The van der Waals surface area contributed by atoms with Gasteiger partial charge < -0.3 is 9.64 Å². The van der Waals surface area contributed by atoms with Crippen molar-refractivity contribution in [1.82, 2.24) is 4.90 Å². The Morgan fingerprint density at radius 1 is 1.00 bits per heavy atom. The summed E-state index contributed by atoms with van der Waals surface area (Å²) < 4.78 is 5.90. The van der Waals surface area contributed by atoms with Gasteiger partial charge in [-0.25, -0.2) is 0 Å². The topological polar surface area (TPSA) is 29.5 Å². The minimum Gasteiger partial charge on any atom is -0.457 e. The zero-order valence-corrected chi connectivity index (χ0v) is 12.9. The maximum absolute atomic E-state index is 12.8. The molecule has 0 aromatic heterocycles. The Hall–Kier alpha value is -2.29. The fourth-order valence-electron chi connectivity index (χ4n) is 2.73. The van der Waals surface area contributed by atoms with Crippen molar-refractivity contribution in [2.75, 3.05) is 13.1 Å². The number of para-hydroxylation sites is 2. The van der Waals surface area contributed by atoms with E-state index in [4.69, 9.17) is 4.74 Å². The number of hydrogen-bond donors (Lipinski definition) is 0. The third-order valence-electron chi connectivity index (χ3n) is 4.16. The fraction of sp³-hybridized carbons (Fsp3) is 0.316. The van der Waals surface area contributed by atoms with Gasteiger partial charge in [0.1, 0.15) is 11.5 Å². The summed E-state index contributed by atoms with van der Waals surface area (Å²) in [6.07, 6.45) is 2.15. The Morgan fingerprint density at radius 2 is 1.64 bits per heavy atom. The minimum atomic E-state index is 0.0680. The van der Waals surface area contributed by atoms with Crippen LogP contribution in [0.5, 0.6) is 11.5 Å². The number of rotatable bonds is 3. The highest BCUT2D eigenvalue weighted by molar-refractivity contribution is 5.97. The Balaban J connectivity index is 1.80. The molecule has 0 radical (unpaired) electrons. The largest absolute Gasteiger partial charge is 0.457 e. The maximum atomic E-state index is 12.8. The predicted molar refractivity (Wildman–Crippen MR) is 87.3 cm³/mol. The number of carbonyl (C=O) groups is 1. The second kappa shape index (κ2) is 6.65. The van der Waals surface area contributed by atoms with Crippen molar-refractivity contribution < 1.29 is 9.53 Å². The van der Waals surface area contributed by atoms with Crippen LogP contribution in [0, 0.1) is 5.92 Å². The Bertz CT molecular complexity index is 631. The summed E-state index contributed by atoms with van der Waals surface area (Å²) in [5.41, 5.74) is 0.640. The van der Waals surface area contributed by atoms with Gasteiger partial charge in [-0.05, 0) is 43.0 Å². The molecular weight excluding hydrogens is 274 g/mol. The van der Waals surface area contributed by atoms with Crippen LogP contribution in [0.4, 0.5) is 0 Å². The van der Waals surface area contributed by atoms with Crippen molar-refractivity contribution in [3.8, 4) is 11.5 Å². The van der Waals surface area contributed by atoms with Gasteiger partial charge in [0, 0.05) is 13.1 Å². The van der Waals surface area contributed by atoms with Gasteiger partial charge in [0.15, 0.2) is 0 Å². The van der Waals surface area contributed by atoms with Gasteiger partial charge in [-0.15, -0.1) is 0 Å². The molecule has 3 heteroatoms. The first kappa shape index (κ1) is 14.6. The van der Waals surface area contributed by atoms with Crippen molar-refractivity contribution in [3.05, 3.63) is 60.2 Å². The van der Waals surface area contributed by atoms with E-state index in [1.807, 2.05) is 59.5 Å². The van der Waals surface area contributed by atoms with Crippen LogP contribution in [0.3, 0.4) is 0 Å². The van der Waals surface area contributed by atoms with Crippen molar-refractivity contribution in [1.29, 1.82) is 0 Å². The molecule has 0 unspecified atom stereocenters. The van der Waals surface area contributed by atoms with E-state index in [2.05, 4.69) is 6.92 Å². The molecule has 2 aromatic rings. The lowest BCUT2D eigenvalue weighted by Gasteiger charge is -2.30. The lowest BCUT2D eigenvalue weighted by Crippen LogP contribution is -2.38. The zero-order valence-electron chi connectivity index (χ0n) is 12.9. The molecule has 1 aliphatic rings. The van der Waals surface area contributed by atoms with Gasteiger partial charge >= 0.3 is 0 Å². The SMILES string of the molecule is CC1CCN(C(=O)c2ccccc2Oc2ccccc2)CC1. The second-order valence-electron chi connectivity index (χ2n) is 5.89. The van der Waals surface area contributed by atoms with E-state index in [1.165, 1.54) is 0 Å². The van der Waals surface area contributed by atoms with E-state index < -0.39 is 0 Å². The molecule has 0 saturated carbocycles. The van der Waals surface area contributed by atoms with E-state index in [1.54, 1.807) is 0 Å². The van der Waals surface area contributed by atoms with Crippen molar-refractivity contribution in [2.24, 2.45) is 5.92 Å². The fourth-order valence-corrected chi connectivity index (χ4v) is 2.73. The van der Waals surface area contributed by atoms with Crippen LogP contribution >= 0.6 is 0 Å². The zero-order chi connectivity index (χ0) is 15.4. The predicted octanol–water partition coefficient (Wildman–Crippen LogP) is 4.35. The molecule has 0 atom stereocenters. The van der Waals surface area contributed by atoms with Crippen LogP contribution in [0.15, 0.2) is 54.6 Å². The Labute approximate surface area is 131 Å². The summed E-state index contributed by atoms with van der Waals surface area (Å²) in [4.78, 5) is 14.7. The normalized spacial score (nSPS) is 15.6. The third-order valence-corrected chi connectivity index (χ3v) is 4.16. The molecule has 3 nitrogen and oxygen atoms in total. The molecule has 22 heavy (non-hydrogen) atoms. The quantitative estimate of drug-likeness (QED) is 0.842. The minimum absolute atomic E-state index is 0.0680. The molecule has 1 saturated heterocycles. The van der Waals surface area contributed by atoms with Gasteiger partial charge in [-0.1, -0.05) is 37.3 Å². The first-order valence-electron chi connectivity index (χ1n) is 7.85. The Kier molecular flexibility index (Phi) is 4.42. The molecule has 0 spiro atoms. The molecule has 0 aliphatic carbocycles. The summed E-state index contributed by atoms with van der Waals surface area (Å²) in [5.74, 6) is 2.14. The third kappa shape index (κ3) is 3.30. The van der Waals surface area contributed by atoms with E-state index in [0.29, 0.717) is 17.2 Å². The van der Waals surface area contributed by atoms with Gasteiger partial charge in [0.2, 0.25) is 0 Å². The molecule has 1 heterocycles. The molecular formula is C19H21NO2. The van der Waals surface area contributed by atoms with Gasteiger partial charge in [0.25, 0.3) is 5.91 Å². The first-order valence-corrected chi connectivity index (χ1v) is 7.85. The molecule has 1 fully saturated rings. The number of ether oxygens (including phenoxy) is 1. The smallest absolute Gasteiger partial charge is 0.257 e. The molecule has 2 aromatic carbocycles. The van der Waals surface area contributed by atoms with Crippen LogP contribution < -0.4 is 4.74 Å². The van der Waals surface area contributed by atoms with Crippen LogP contribution in [0.25, 0.3) is 0 Å². The lowest BCUT2D eigenvalue weighted by molar-refractivity contribution is 0.0694. The maximum Gasteiger partial charge on any atom is 0.257 e. The summed E-state index contributed by atoms with van der Waals surface area (Å²) >= 11 is 0. The van der Waals surface area contributed by atoms with Crippen molar-refractivity contribution in [2.45, 2.75) is 19.8 Å². The number of piperidine rings is 1.